The summed E-state index contributed by atoms with van der Waals surface area (Å²) in [6.07, 6.45) is 1.64. The standard InChI is InChI=1S/C11H16O6/c1-7(12)15-6-10-9(16-8(2)13)4-5-11(14-3)17-10/h4-5,9-11H,6H2,1-3H3/t9-,10+,11+/m0/s1. The Balaban J connectivity index is 2.62. The summed E-state index contributed by atoms with van der Waals surface area (Å²) in [5, 5.41) is 0. The third kappa shape index (κ3) is 4.54. The van der Waals surface area contributed by atoms with Crippen LogP contribution in [0.1, 0.15) is 13.8 Å². The molecule has 0 bridgehead atoms. The van der Waals surface area contributed by atoms with Gasteiger partial charge < -0.3 is 18.9 Å². The van der Waals surface area contributed by atoms with Gasteiger partial charge in [-0.1, -0.05) is 0 Å². The lowest BCUT2D eigenvalue weighted by molar-refractivity contribution is -0.190. The minimum Gasteiger partial charge on any atom is -0.463 e. The normalized spacial score (nSPS) is 27.6. The van der Waals surface area contributed by atoms with Gasteiger partial charge in [0.05, 0.1) is 0 Å². The molecule has 0 saturated heterocycles. The monoisotopic (exact) mass is 244 g/mol. The zero-order valence-electron chi connectivity index (χ0n) is 10.0. The van der Waals surface area contributed by atoms with Gasteiger partial charge in [-0.05, 0) is 12.2 Å². The number of hydrogen-bond acceptors (Lipinski definition) is 6. The molecule has 6 nitrogen and oxygen atoms in total. The second kappa shape index (κ2) is 6.36. The number of carbonyl (C=O) groups excluding carboxylic acids is 2. The number of carbonyl (C=O) groups is 2. The fourth-order valence-corrected chi connectivity index (χ4v) is 1.39. The minimum atomic E-state index is -0.571. The van der Waals surface area contributed by atoms with Crippen molar-refractivity contribution >= 4 is 11.9 Å². The van der Waals surface area contributed by atoms with Crippen molar-refractivity contribution in [3.05, 3.63) is 12.2 Å². The molecule has 0 spiro atoms. The highest BCUT2D eigenvalue weighted by Crippen LogP contribution is 2.17. The van der Waals surface area contributed by atoms with E-state index in [4.69, 9.17) is 18.9 Å². The van der Waals surface area contributed by atoms with Crippen LogP contribution in [0.2, 0.25) is 0 Å². The van der Waals surface area contributed by atoms with Gasteiger partial charge in [-0.15, -0.1) is 0 Å². The smallest absolute Gasteiger partial charge is 0.303 e. The van der Waals surface area contributed by atoms with E-state index in [1.807, 2.05) is 0 Å². The van der Waals surface area contributed by atoms with Crippen LogP contribution in [0.15, 0.2) is 12.2 Å². The van der Waals surface area contributed by atoms with Crippen molar-refractivity contribution < 1.29 is 28.5 Å². The van der Waals surface area contributed by atoms with Crippen LogP contribution >= 0.6 is 0 Å². The maximum Gasteiger partial charge on any atom is 0.303 e. The Hall–Kier alpha value is -1.40. The van der Waals surface area contributed by atoms with E-state index in [9.17, 15) is 9.59 Å². The molecule has 0 saturated carbocycles. The molecule has 96 valence electrons. The fraction of sp³-hybridized carbons (Fsp3) is 0.636. The molecule has 17 heavy (non-hydrogen) atoms. The Bertz CT molecular complexity index is 311. The van der Waals surface area contributed by atoms with Gasteiger partial charge in [-0.25, -0.2) is 0 Å². The minimum absolute atomic E-state index is 0.0114. The summed E-state index contributed by atoms with van der Waals surface area (Å²) in [5.41, 5.74) is 0. The fourth-order valence-electron chi connectivity index (χ4n) is 1.39. The van der Waals surface area contributed by atoms with Crippen molar-refractivity contribution in [1.82, 2.24) is 0 Å². The Morgan fingerprint density at radius 2 is 1.94 bits per heavy atom. The largest absolute Gasteiger partial charge is 0.463 e. The third-order valence-corrected chi connectivity index (χ3v) is 2.12. The molecule has 0 fully saturated rings. The van der Waals surface area contributed by atoms with Crippen LogP contribution in [-0.2, 0) is 28.5 Å². The second-order valence-electron chi connectivity index (χ2n) is 3.54. The summed E-state index contributed by atoms with van der Waals surface area (Å²) in [4.78, 5) is 21.6. The van der Waals surface area contributed by atoms with Gasteiger partial charge in [0, 0.05) is 21.0 Å². The van der Waals surface area contributed by atoms with Crippen molar-refractivity contribution in [1.29, 1.82) is 0 Å². The van der Waals surface area contributed by atoms with E-state index in [1.54, 1.807) is 12.2 Å². The van der Waals surface area contributed by atoms with Crippen LogP contribution in [-0.4, -0.2) is 44.2 Å². The summed E-state index contributed by atoms with van der Waals surface area (Å²) in [6, 6.07) is 0. The van der Waals surface area contributed by atoms with E-state index >= 15 is 0 Å². The number of methoxy groups -OCH3 is 1. The van der Waals surface area contributed by atoms with Gasteiger partial charge in [0.1, 0.15) is 18.8 Å². The first-order valence-electron chi connectivity index (χ1n) is 5.20. The molecule has 1 rings (SSSR count). The first-order chi connectivity index (χ1) is 8.02. The van der Waals surface area contributed by atoms with Gasteiger partial charge in [0.15, 0.2) is 6.29 Å². The molecular weight excluding hydrogens is 228 g/mol. The molecule has 0 unspecified atom stereocenters. The van der Waals surface area contributed by atoms with Gasteiger partial charge in [-0.3, -0.25) is 9.59 Å². The third-order valence-electron chi connectivity index (χ3n) is 2.12. The molecular formula is C11H16O6. The lowest BCUT2D eigenvalue weighted by atomic mass is 10.1. The zero-order valence-corrected chi connectivity index (χ0v) is 10.0. The van der Waals surface area contributed by atoms with Crippen LogP contribution < -0.4 is 0 Å². The van der Waals surface area contributed by atoms with E-state index in [2.05, 4.69) is 0 Å². The van der Waals surface area contributed by atoms with Crippen molar-refractivity contribution in [3.63, 3.8) is 0 Å². The van der Waals surface area contributed by atoms with E-state index in [1.165, 1.54) is 21.0 Å². The topological polar surface area (TPSA) is 71.1 Å². The van der Waals surface area contributed by atoms with Crippen molar-refractivity contribution in [2.75, 3.05) is 13.7 Å². The van der Waals surface area contributed by atoms with E-state index in [-0.39, 0.29) is 6.61 Å². The number of esters is 2. The zero-order chi connectivity index (χ0) is 12.8. The summed E-state index contributed by atoms with van der Waals surface area (Å²) < 4.78 is 20.3. The van der Waals surface area contributed by atoms with Crippen LogP contribution in [0.4, 0.5) is 0 Å². The first kappa shape index (κ1) is 13.7. The maximum atomic E-state index is 10.9. The molecule has 6 heteroatoms. The molecule has 0 amide bonds. The van der Waals surface area contributed by atoms with Crippen LogP contribution in [0.5, 0.6) is 0 Å². The molecule has 0 aromatic carbocycles. The molecule has 3 atom stereocenters. The van der Waals surface area contributed by atoms with Gasteiger partial charge in [0.25, 0.3) is 0 Å². The van der Waals surface area contributed by atoms with Gasteiger partial charge in [-0.2, -0.15) is 0 Å². The van der Waals surface area contributed by atoms with E-state index < -0.39 is 30.4 Å². The summed E-state index contributed by atoms with van der Waals surface area (Å²) >= 11 is 0. The highest BCUT2D eigenvalue weighted by atomic mass is 16.7. The van der Waals surface area contributed by atoms with E-state index in [0.29, 0.717) is 0 Å². The maximum absolute atomic E-state index is 10.9. The molecule has 0 aromatic heterocycles. The Morgan fingerprint density at radius 3 is 2.47 bits per heavy atom. The molecule has 0 aromatic rings. The van der Waals surface area contributed by atoms with Crippen LogP contribution in [0.25, 0.3) is 0 Å². The summed E-state index contributed by atoms with van der Waals surface area (Å²) in [7, 11) is 1.49. The highest BCUT2D eigenvalue weighted by molar-refractivity contribution is 5.66. The second-order valence-corrected chi connectivity index (χ2v) is 3.54. The average Bonchev–Trinajstić information content (AvgIpc) is 2.27. The number of ether oxygens (including phenoxy) is 4. The van der Waals surface area contributed by atoms with Crippen molar-refractivity contribution in [3.8, 4) is 0 Å². The predicted octanol–water partition coefficient (Wildman–Crippen LogP) is 0.409. The summed E-state index contributed by atoms with van der Waals surface area (Å²) in [5.74, 6) is -0.842. The molecule has 0 aliphatic carbocycles. The Kier molecular flexibility index (Phi) is 5.11. The van der Waals surface area contributed by atoms with Crippen LogP contribution in [0.3, 0.4) is 0 Å². The van der Waals surface area contributed by atoms with Crippen molar-refractivity contribution in [2.24, 2.45) is 0 Å². The molecule has 1 aliphatic heterocycles. The SMILES string of the molecule is CO[C@H]1C=C[C@H](OC(C)=O)[C@@H](COC(C)=O)O1. The lowest BCUT2D eigenvalue weighted by Gasteiger charge is -2.30. The highest BCUT2D eigenvalue weighted by Gasteiger charge is 2.30. The Morgan fingerprint density at radius 1 is 1.24 bits per heavy atom. The quantitative estimate of drug-likeness (QED) is 0.527. The van der Waals surface area contributed by atoms with E-state index in [0.717, 1.165) is 0 Å². The first-order valence-corrected chi connectivity index (χ1v) is 5.20. The lowest BCUT2D eigenvalue weighted by Crippen LogP contribution is -2.41. The van der Waals surface area contributed by atoms with Gasteiger partial charge in [0.2, 0.25) is 0 Å². The van der Waals surface area contributed by atoms with Gasteiger partial charge >= 0.3 is 11.9 Å². The molecule has 1 aliphatic rings. The predicted molar refractivity (Wildman–Crippen MR) is 57.0 cm³/mol. The number of hydrogen-bond donors (Lipinski definition) is 0. The molecule has 1 heterocycles. The Labute approximate surface area is 99.5 Å². The van der Waals surface area contributed by atoms with Crippen molar-refractivity contribution in [2.45, 2.75) is 32.3 Å². The molecule has 0 N–H and O–H groups in total. The molecule has 0 radical (unpaired) electrons. The summed E-state index contributed by atoms with van der Waals surface area (Å²) in [6.45, 7) is 2.62. The average molecular weight is 244 g/mol. The number of rotatable bonds is 4. The van der Waals surface area contributed by atoms with Crippen LogP contribution in [0, 0.1) is 0 Å².